The maximum absolute atomic E-state index is 11.0. The van der Waals surface area contributed by atoms with Crippen molar-refractivity contribution in [1.82, 2.24) is 4.98 Å². The summed E-state index contributed by atoms with van der Waals surface area (Å²) in [5.74, 6) is -0.244. The minimum Gasteiger partial charge on any atom is -0.327 e. The highest BCUT2D eigenvalue weighted by Gasteiger charge is 2.01. The summed E-state index contributed by atoms with van der Waals surface area (Å²) in [6.45, 7) is 0. The number of pyridine rings is 1. The second-order valence-electron chi connectivity index (χ2n) is 2.09. The molecule has 0 aliphatic heterocycles. The smallest absolute Gasteiger partial charge is 0.271 e. The van der Waals surface area contributed by atoms with Crippen LogP contribution in [-0.4, -0.2) is 16.2 Å². The second-order valence-corrected chi connectivity index (χ2v) is 2.66. The van der Waals surface area contributed by atoms with Crippen molar-refractivity contribution in [3.8, 4) is 0 Å². The van der Waals surface area contributed by atoms with Crippen molar-refractivity contribution < 1.29 is 4.79 Å². The van der Waals surface area contributed by atoms with Gasteiger partial charge in [0.1, 0.15) is 5.69 Å². The van der Waals surface area contributed by atoms with Crippen molar-refractivity contribution in [2.45, 2.75) is 0 Å². The number of alkyl halides is 1. The van der Waals surface area contributed by atoms with E-state index < -0.39 is 0 Å². The number of carbonyl (C=O) groups excluding carboxylic acids is 1. The van der Waals surface area contributed by atoms with E-state index in [2.05, 4.69) is 26.2 Å². The van der Waals surface area contributed by atoms with E-state index in [0.717, 1.165) is 0 Å². The standard InChI is InChI=1S/C7H7BrN2O2/c8-4-6(11)10-5-2-1-3-9-7(5)12/h1-3H,4H2,(H,9,12)(H,10,11). The zero-order chi connectivity index (χ0) is 8.97. The minimum atomic E-state index is -0.299. The van der Waals surface area contributed by atoms with Gasteiger partial charge >= 0.3 is 0 Å². The molecule has 64 valence electrons. The number of aromatic nitrogens is 1. The molecule has 4 nitrogen and oxygen atoms in total. The summed E-state index contributed by atoms with van der Waals surface area (Å²) < 4.78 is 0. The average Bonchev–Trinajstić information content (AvgIpc) is 2.09. The van der Waals surface area contributed by atoms with Gasteiger partial charge in [0.05, 0.1) is 5.33 Å². The maximum atomic E-state index is 11.0. The molecule has 1 rings (SSSR count). The Kier molecular flexibility index (Phi) is 3.04. The van der Waals surface area contributed by atoms with Gasteiger partial charge in [0.15, 0.2) is 0 Å². The molecule has 0 saturated carbocycles. The molecule has 5 heteroatoms. The summed E-state index contributed by atoms with van der Waals surface area (Å²) in [4.78, 5) is 24.3. The molecule has 0 aliphatic rings. The van der Waals surface area contributed by atoms with Crippen LogP contribution in [0.3, 0.4) is 0 Å². The predicted octanol–water partition coefficient (Wildman–Crippen LogP) is 0.708. The van der Waals surface area contributed by atoms with E-state index in [0.29, 0.717) is 0 Å². The molecule has 0 spiro atoms. The topological polar surface area (TPSA) is 62.0 Å². The average molecular weight is 231 g/mol. The van der Waals surface area contributed by atoms with Gasteiger partial charge in [0, 0.05) is 6.20 Å². The van der Waals surface area contributed by atoms with Gasteiger partial charge in [-0.1, -0.05) is 15.9 Å². The first-order valence-corrected chi connectivity index (χ1v) is 4.39. The first kappa shape index (κ1) is 8.99. The number of carbonyl (C=O) groups is 1. The number of amides is 1. The van der Waals surface area contributed by atoms with E-state index in [4.69, 9.17) is 0 Å². The third-order valence-electron chi connectivity index (χ3n) is 1.21. The number of anilines is 1. The SMILES string of the molecule is O=C(CBr)Nc1ccc[nH]c1=O. The van der Waals surface area contributed by atoms with Crippen molar-refractivity contribution in [1.29, 1.82) is 0 Å². The summed E-state index contributed by atoms with van der Waals surface area (Å²) in [6, 6.07) is 3.19. The summed E-state index contributed by atoms with van der Waals surface area (Å²) in [5, 5.41) is 2.61. The lowest BCUT2D eigenvalue weighted by atomic mass is 10.4. The van der Waals surface area contributed by atoms with E-state index in [9.17, 15) is 9.59 Å². The van der Waals surface area contributed by atoms with Crippen LogP contribution in [0.4, 0.5) is 5.69 Å². The lowest BCUT2D eigenvalue weighted by Crippen LogP contribution is -2.19. The maximum Gasteiger partial charge on any atom is 0.271 e. The van der Waals surface area contributed by atoms with Crippen molar-refractivity contribution in [3.05, 3.63) is 28.7 Å². The van der Waals surface area contributed by atoms with E-state index in [1.165, 1.54) is 6.20 Å². The summed E-state index contributed by atoms with van der Waals surface area (Å²) in [6.07, 6.45) is 1.51. The molecule has 0 radical (unpaired) electrons. The molecule has 0 aromatic carbocycles. The summed E-state index contributed by atoms with van der Waals surface area (Å²) >= 11 is 2.97. The Morgan fingerprint density at radius 3 is 3.00 bits per heavy atom. The number of halogens is 1. The number of nitrogens with one attached hydrogen (secondary N) is 2. The van der Waals surface area contributed by atoms with Crippen LogP contribution < -0.4 is 10.9 Å². The van der Waals surface area contributed by atoms with Crippen LogP contribution in [0.5, 0.6) is 0 Å². The second kappa shape index (κ2) is 4.06. The minimum absolute atomic E-state index is 0.182. The molecular formula is C7H7BrN2O2. The van der Waals surface area contributed by atoms with Gasteiger partial charge in [-0.3, -0.25) is 9.59 Å². The Labute approximate surface area is 77.1 Å². The molecule has 12 heavy (non-hydrogen) atoms. The Morgan fingerprint density at radius 2 is 2.42 bits per heavy atom. The van der Waals surface area contributed by atoms with Crippen molar-refractivity contribution >= 4 is 27.5 Å². The highest BCUT2D eigenvalue weighted by Crippen LogP contribution is 1.96. The molecule has 1 aromatic rings. The predicted molar refractivity (Wildman–Crippen MR) is 49.5 cm³/mol. The summed E-state index contributed by atoms with van der Waals surface area (Å²) in [7, 11) is 0. The van der Waals surface area contributed by atoms with E-state index in [1.54, 1.807) is 12.1 Å². The van der Waals surface area contributed by atoms with Gasteiger partial charge in [-0.15, -0.1) is 0 Å². The largest absolute Gasteiger partial charge is 0.327 e. The molecule has 1 heterocycles. The van der Waals surface area contributed by atoms with Crippen LogP contribution in [0.25, 0.3) is 0 Å². The van der Waals surface area contributed by atoms with Gasteiger partial charge in [-0.2, -0.15) is 0 Å². The Balaban J connectivity index is 2.83. The lowest BCUT2D eigenvalue weighted by Gasteiger charge is -1.99. The molecule has 0 atom stereocenters. The van der Waals surface area contributed by atoms with Gasteiger partial charge in [0.25, 0.3) is 5.56 Å². The lowest BCUT2D eigenvalue weighted by molar-refractivity contribution is -0.113. The van der Waals surface area contributed by atoms with Crippen LogP contribution in [0.15, 0.2) is 23.1 Å². The van der Waals surface area contributed by atoms with Crippen molar-refractivity contribution in [3.63, 3.8) is 0 Å². The van der Waals surface area contributed by atoms with Crippen molar-refractivity contribution in [2.75, 3.05) is 10.6 Å². The van der Waals surface area contributed by atoms with Crippen LogP contribution in [0.2, 0.25) is 0 Å². The number of hydrogen-bond acceptors (Lipinski definition) is 2. The number of aromatic amines is 1. The van der Waals surface area contributed by atoms with E-state index >= 15 is 0 Å². The third-order valence-corrected chi connectivity index (χ3v) is 1.72. The van der Waals surface area contributed by atoms with Crippen LogP contribution in [0.1, 0.15) is 0 Å². The zero-order valence-corrected chi connectivity index (χ0v) is 7.72. The van der Waals surface area contributed by atoms with Crippen LogP contribution in [0, 0.1) is 0 Å². The highest BCUT2D eigenvalue weighted by atomic mass is 79.9. The van der Waals surface area contributed by atoms with Crippen LogP contribution in [-0.2, 0) is 4.79 Å². The zero-order valence-electron chi connectivity index (χ0n) is 6.13. The summed E-state index contributed by atoms with van der Waals surface area (Å²) in [5.41, 5.74) is -0.0336. The monoisotopic (exact) mass is 230 g/mol. The number of hydrogen-bond donors (Lipinski definition) is 2. The quantitative estimate of drug-likeness (QED) is 0.736. The molecule has 1 aromatic heterocycles. The fraction of sp³-hybridized carbons (Fsp3) is 0.143. The Morgan fingerprint density at radius 1 is 1.67 bits per heavy atom. The normalized spacial score (nSPS) is 9.42. The Bertz CT molecular complexity index is 334. The molecule has 0 bridgehead atoms. The third kappa shape index (κ3) is 2.20. The first-order valence-electron chi connectivity index (χ1n) is 3.27. The molecule has 0 aliphatic carbocycles. The molecule has 0 unspecified atom stereocenters. The number of rotatable bonds is 2. The fourth-order valence-corrected chi connectivity index (χ4v) is 0.844. The van der Waals surface area contributed by atoms with Crippen molar-refractivity contribution in [2.24, 2.45) is 0 Å². The molecule has 2 N–H and O–H groups in total. The molecule has 0 saturated heterocycles. The van der Waals surface area contributed by atoms with Gasteiger partial charge < -0.3 is 10.3 Å². The van der Waals surface area contributed by atoms with Gasteiger partial charge in [0.2, 0.25) is 5.91 Å². The van der Waals surface area contributed by atoms with Gasteiger partial charge in [-0.05, 0) is 12.1 Å². The molecular weight excluding hydrogens is 224 g/mol. The van der Waals surface area contributed by atoms with E-state index in [1.807, 2.05) is 0 Å². The van der Waals surface area contributed by atoms with E-state index in [-0.39, 0.29) is 22.5 Å². The molecule has 1 amide bonds. The Hall–Kier alpha value is -1.10. The van der Waals surface area contributed by atoms with Gasteiger partial charge in [-0.25, -0.2) is 0 Å². The highest BCUT2D eigenvalue weighted by molar-refractivity contribution is 9.09. The molecule has 0 fully saturated rings. The fourth-order valence-electron chi connectivity index (χ4n) is 0.704. The first-order chi connectivity index (χ1) is 5.74. The van der Waals surface area contributed by atoms with Crippen LogP contribution >= 0.6 is 15.9 Å². The number of H-pyrrole nitrogens is 1.